The molecule has 2 heterocycles. The van der Waals surface area contributed by atoms with Crippen molar-refractivity contribution in [1.29, 1.82) is 0 Å². The summed E-state index contributed by atoms with van der Waals surface area (Å²) in [7, 11) is 0. The van der Waals surface area contributed by atoms with Crippen molar-refractivity contribution in [3.05, 3.63) is 41.5 Å². The number of fused-ring (bicyclic) bond motifs is 1. The summed E-state index contributed by atoms with van der Waals surface area (Å²) >= 11 is 0. The molecular formula is C14H15NO2. The molecule has 2 aliphatic rings. The van der Waals surface area contributed by atoms with E-state index in [2.05, 4.69) is 0 Å². The van der Waals surface area contributed by atoms with Crippen LogP contribution in [0.5, 0.6) is 0 Å². The third kappa shape index (κ3) is 1.93. The zero-order valence-electron chi connectivity index (χ0n) is 9.69. The average Bonchev–Trinajstić information content (AvgIpc) is 2.98. The lowest BCUT2D eigenvalue weighted by Gasteiger charge is -2.12. The van der Waals surface area contributed by atoms with Gasteiger partial charge in [-0.2, -0.15) is 0 Å². The fraction of sp³-hybridized carbons (Fsp3) is 0.357. The molecular weight excluding hydrogens is 214 g/mol. The van der Waals surface area contributed by atoms with E-state index in [0.29, 0.717) is 6.61 Å². The first-order chi connectivity index (χ1) is 8.34. The van der Waals surface area contributed by atoms with E-state index in [1.807, 2.05) is 29.2 Å². The van der Waals surface area contributed by atoms with Gasteiger partial charge in [-0.3, -0.25) is 4.79 Å². The molecule has 2 aliphatic heterocycles. The van der Waals surface area contributed by atoms with Crippen molar-refractivity contribution in [2.45, 2.75) is 19.4 Å². The Balaban J connectivity index is 1.83. The van der Waals surface area contributed by atoms with Crippen LogP contribution >= 0.6 is 0 Å². The summed E-state index contributed by atoms with van der Waals surface area (Å²) in [6.07, 6.45) is 3.87. The highest BCUT2D eigenvalue weighted by Gasteiger charge is 2.21. The van der Waals surface area contributed by atoms with E-state index in [9.17, 15) is 4.79 Å². The van der Waals surface area contributed by atoms with Gasteiger partial charge < -0.3 is 9.64 Å². The van der Waals surface area contributed by atoms with Crippen molar-refractivity contribution in [3.8, 4) is 0 Å². The minimum atomic E-state index is 0.0780. The summed E-state index contributed by atoms with van der Waals surface area (Å²) in [4.78, 5) is 13.9. The Morgan fingerprint density at radius 2 is 2.00 bits per heavy atom. The normalized spacial score (nSPS) is 20.5. The van der Waals surface area contributed by atoms with E-state index in [1.54, 1.807) is 6.08 Å². The van der Waals surface area contributed by atoms with Crippen molar-refractivity contribution in [1.82, 2.24) is 4.90 Å². The van der Waals surface area contributed by atoms with Gasteiger partial charge in [-0.25, -0.2) is 0 Å². The summed E-state index contributed by atoms with van der Waals surface area (Å²) in [6, 6.07) is 8.01. The maximum absolute atomic E-state index is 12.0. The van der Waals surface area contributed by atoms with Crippen LogP contribution < -0.4 is 0 Å². The van der Waals surface area contributed by atoms with E-state index in [1.165, 1.54) is 0 Å². The average molecular weight is 229 g/mol. The predicted molar refractivity (Wildman–Crippen MR) is 65.0 cm³/mol. The molecule has 0 radical (unpaired) electrons. The van der Waals surface area contributed by atoms with E-state index in [0.717, 1.165) is 42.8 Å². The quantitative estimate of drug-likeness (QED) is 0.691. The molecule has 0 unspecified atom stereocenters. The number of carbonyl (C=O) groups excluding carboxylic acids is 1. The number of benzene rings is 1. The number of nitrogens with zero attached hydrogens (tertiary/aromatic N) is 1. The van der Waals surface area contributed by atoms with Crippen LogP contribution in [0.1, 0.15) is 24.0 Å². The molecule has 0 N–H and O–H groups in total. The molecule has 17 heavy (non-hydrogen) atoms. The number of rotatable bonds is 1. The van der Waals surface area contributed by atoms with Crippen LogP contribution in [-0.2, 0) is 16.1 Å². The summed E-state index contributed by atoms with van der Waals surface area (Å²) < 4.78 is 5.57. The zero-order chi connectivity index (χ0) is 11.7. The van der Waals surface area contributed by atoms with Crippen LogP contribution in [0, 0.1) is 0 Å². The smallest absolute Gasteiger partial charge is 0.250 e. The van der Waals surface area contributed by atoms with Crippen LogP contribution in [0.3, 0.4) is 0 Å². The molecule has 0 saturated carbocycles. The monoisotopic (exact) mass is 229 g/mol. The Labute approximate surface area is 101 Å². The van der Waals surface area contributed by atoms with Gasteiger partial charge in [0.05, 0.1) is 0 Å². The van der Waals surface area contributed by atoms with Gasteiger partial charge in [0.2, 0.25) is 5.91 Å². The highest BCUT2D eigenvalue weighted by molar-refractivity contribution is 5.94. The number of hydrogen-bond acceptors (Lipinski definition) is 2. The summed E-state index contributed by atoms with van der Waals surface area (Å²) in [5, 5.41) is 0. The van der Waals surface area contributed by atoms with Gasteiger partial charge >= 0.3 is 0 Å². The number of carbonyl (C=O) groups is 1. The fourth-order valence-corrected chi connectivity index (χ4v) is 2.38. The maximum atomic E-state index is 12.0. The predicted octanol–water partition coefficient (Wildman–Crippen LogP) is 2.18. The van der Waals surface area contributed by atoms with Crippen LogP contribution in [-0.4, -0.2) is 23.9 Å². The zero-order valence-corrected chi connectivity index (χ0v) is 9.69. The molecule has 1 aromatic carbocycles. The Bertz CT molecular complexity index is 473. The van der Waals surface area contributed by atoms with Gasteiger partial charge in [0, 0.05) is 30.3 Å². The number of amides is 1. The molecule has 0 bridgehead atoms. The Hall–Kier alpha value is -1.77. The first-order valence-corrected chi connectivity index (χ1v) is 6.06. The van der Waals surface area contributed by atoms with Crippen molar-refractivity contribution in [3.63, 3.8) is 0 Å². The van der Waals surface area contributed by atoms with Crippen molar-refractivity contribution < 1.29 is 9.53 Å². The third-order valence-corrected chi connectivity index (χ3v) is 3.34. The van der Waals surface area contributed by atoms with E-state index in [-0.39, 0.29) is 5.91 Å². The fourth-order valence-electron chi connectivity index (χ4n) is 2.38. The van der Waals surface area contributed by atoms with Gasteiger partial charge in [-0.1, -0.05) is 24.3 Å². The Kier molecular flexibility index (Phi) is 2.59. The molecule has 0 atom stereocenters. The first-order valence-electron chi connectivity index (χ1n) is 6.06. The second kappa shape index (κ2) is 4.24. The minimum Gasteiger partial charge on any atom is -0.488 e. The van der Waals surface area contributed by atoms with Gasteiger partial charge in [-0.15, -0.1) is 0 Å². The molecule has 88 valence electrons. The number of hydrogen-bond donors (Lipinski definition) is 0. The van der Waals surface area contributed by atoms with Gasteiger partial charge in [0.25, 0.3) is 0 Å². The molecule has 3 heteroatoms. The standard InChI is InChI=1S/C14H15NO2/c16-14(15-7-3-4-8-15)9-13-12-6-2-1-5-11(12)10-17-13/h1-2,5-6,9H,3-4,7-8,10H2/b13-9-. The summed E-state index contributed by atoms with van der Waals surface area (Å²) in [6.45, 7) is 2.34. The molecule has 1 fully saturated rings. The molecule has 0 aromatic heterocycles. The third-order valence-electron chi connectivity index (χ3n) is 3.34. The van der Waals surface area contributed by atoms with E-state index >= 15 is 0 Å². The lowest BCUT2D eigenvalue weighted by Crippen LogP contribution is -2.25. The second-order valence-electron chi connectivity index (χ2n) is 4.49. The molecule has 0 spiro atoms. The molecule has 1 aromatic rings. The van der Waals surface area contributed by atoms with E-state index in [4.69, 9.17) is 4.74 Å². The lowest BCUT2D eigenvalue weighted by molar-refractivity contribution is -0.125. The Morgan fingerprint density at radius 3 is 2.82 bits per heavy atom. The summed E-state index contributed by atoms with van der Waals surface area (Å²) in [5.74, 6) is 0.798. The summed E-state index contributed by atoms with van der Waals surface area (Å²) in [5.41, 5.74) is 2.22. The van der Waals surface area contributed by atoms with Crippen molar-refractivity contribution in [2.75, 3.05) is 13.1 Å². The lowest BCUT2D eigenvalue weighted by atomic mass is 10.1. The number of likely N-dealkylation sites (tertiary alicyclic amines) is 1. The molecule has 0 aliphatic carbocycles. The SMILES string of the molecule is O=C(/C=C1\OCc2ccccc21)N1CCCC1. The maximum Gasteiger partial charge on any atom is 0.250 e. The van der Waals surface area contributed by atoms with Gasteiger partial charge in [0.15, 0.2) is 0 Å². The minimum absolute atomic E-state index is 0.0780. The van der Waals surface area contributed by atoms with Crippen molar-refractivity contribution in [2.24, 2.45) is 0 Å². The molecule has 3 rings (SSSR count). The van der Waals surface area contributed by atoms with Crippen LogP contribution in [0.2, 0.25) is 0 Å². The largest absolute Gasteiger partial charge is 0.488 e. The van der Waals surface area contributed by atoms with Crippen LogP contribution in [0.4, 0.5) is 0 Å². The van der Waals surface area contributed by atoms with Crippen molar-refractivity contribution >= 4 is 11.7 Å². The highest BCUT2D eigenvalue weighted by atomic mass is 16.5. The molecule has 1 saturated heterocycles. The first kappa shape index (κ1) is 10.4. The number of ether oxygens (including phenoxy) is 1. The topological polar surface area (TPSA) is 29.5 Å². The van der Waals surface area contributed by atoms with Crippen LogP contribution in [0.25, 0.3) is 5.76 Å². The van der Waals surface area contributed by atoms with E-state index < -0.39 is 0 Å². The molecule has 3 nitrogen and oxygen atoms in total. The highest BCUT2D eigenvalue weighted by Crippen LogP contribution is 2.29. The van der Waals surface area contributed by atoms with Gasteiger partial charge in [0.1, 0.15) is 12.4 Å². The van der Waals surface area contributed by atoms with Crippen LogP contribution in [0.15, 0.2) is 30.3 Å². The Morgan fingerprint density at radius 1 is 1.24 bits per heavy atom. The second-order valence-corrected chi connectivity index (χ2v) is 4.49. The van der Waals surface area contributed by atoms with Gasteiger partial charge in [-0.05, 0) is 12.8 Å². The molecule has 1 amide bonds.